The number of alkyl halides is 6. The summed E-state index contributed by atoms with van der Waals surface area (Å²) < 4.78 is 77.0. The average Bonchev–Trinajstić information content (AvgIpc) is 2.19. The molecule has 0 fully saturated rings. The second-order valence-corrected chi connectivity index (χ2v) is 3.86. The molecule has 0 aliphatic rings. The molecular formula is C10H17F6NO. The standard InChI is InChI=1S/C10H17F6NO/c1-3-5-17-7(4-2)6-18-8(9(11,12)13)10(14,15)16/h7-8,17H,3-6H2,1-2H3. The molecule has 0 aromatic heterocycles. The summed E-state index contributed by atoms with van der Waals surface area (Å²) in [5.74, 6) is 0. The van der Waals surface area contributed by atoms with Crippen molar-refractivity contribution in [2.24, 2.45) is 0 Å². The predicted octanol–water partition coefficient (Wildman–Crippen LogP) is 3.27. The summed E-state index contributed by atoms with van der Waals surface area (Å²) in [6, 6.07) is -0.517. The molecule has 0 aromatic carbocycles. The first-order chi connectivity index (χ1) is 8.12. The van der Waals surface area contributed by atoms with Gasteiger partial charge in [-0.2, -0.15) is 26.3 Å². The fraction of sp³-hybridized carbons (Fsp3) is 1.00. The molecule has 18 heavy (non-hydrogen) atoms. The van der Waals surface area contributed by atoms with Crippen LogP contribution in [-0.2, 0) is 4.74 Å². The summed E-state index contributed by atoms with van der Waals surface area (Å²) in [4.78, 5) is 0. The lowest BCUT2D eigenvalue weighted by Gasteiger charge is -2.25. The number of hydrogen-bond acceptors (Lipinski definition) is 2. The van der Waals surface area contributed by atoms with Gasteiger partial charge in [0, 0.05) is 6.04 Å². The van der Waals surface area contributed by atoms with Gasteiger partial charge in [0.25, 0.3) is 0 Å². The number of hydrogen-bond donors (Lipinski definition) is 1. The highest BCUT2D eigenvalue weighted by molar-refractivity contribution is 4.77. The van der Waals surface area contributed by atoms with Gasteiger partial charge in [-0.1, -0.05) is 13.8 Å². The van der Waals surface area contributed by atoms with Crippen molar-refractivity contribution in [3.8, 4) is 0 Å². The Morgan fingerprint density at radius 2 is 1.50 bits per heavy atom. The second kappa shape index (κ2) is 7.18. The van der Waals surface area contributed by atoms with Gasteiger partial charge in [-0.05, 0) is 19.4 Å². The van der Waals surface area contributed by atoms with E-state index in [4.69, 9.17) is 0 Å². The highest BCUT2D eigenvalue weighted by Crippen LogP contribution is 2.35. The van der Waals surface area contributed by atoms with Crippen LogP contribution in [0.1, 0.15) is 26.7 Å². The maximum atomic E-state index is 12.2. The molecular weight excluding hydrogens is 264 g/mol. The number of nitrogens with one attached hydrogen (secondary N) is 1. The van der Waals surface area contributed by atoms with Gasteiger partial charge in [0.2, 0.25) is 6.10 Å². The Bertz CT molecular complexity index is 213. The van der Waals surface area contributed by atoms with Gasteiger partial charge in [-0.3, -0.25) is 0 Å². The van der Waals surface area contributed by atoms with Crippen LogP contribution in [0.5, 0.6) is 0 Å². The van der Waals surface area contributed by atoms with Gasteiger partial charge in [0.1, 0.15) is 0 Å². The molecule has 1 unspecified atom stereocenters. The van der Waals surface area contributed by atoms with Crippen molar-refractivity contribution in [1.29, 1.82) is 0 Å². The Labute approximate surface area is 102 Å². The summed E-state index contributed by atoms with van der Waals surface area (Å²) in [5.41, 5.74) is 0. The van der Waals surface area contributed by atoms with Crippen LogP contribution < -0.4 is 5.32 Å². The molecule has 8 heteroatoms. The first kappa shape index (κ1) is 17.5. The first-order valence-electron chi connectivity index (χ1n) is 5.61. The third-order valence-corrected chi connectivity index (χ3v) is 2.23. The normalized spacial score (nSPS) is 15.2. The summed E-state index contributed by atoms with van der Waals surface area (Å²) >= 11 is 0. The van der Waals surface area contributed by atoms with E-state index in [-0.39, 0.29) is 0 Å². The van der Waals surface area contributed by atoms with Crippen molar-refractivity contribution in [3.63, 3.8) is 0 Å². The van der Waals surface area contributed by atoms with Crippen molar-refractivity contribution in [2.45, 2.75) is 51.2 Å². The fourth-order valence-corrected chi connectivity index (χ4v) is 1.26. The van der Waals surface area contributed by atoms with Gasteiger partial charge < -0.3 is 10.1 Å². The van der Waals surface area contributed by atoms with E-state index in [0.717, 1.165) is 6.42 Å². The van der Waals surface area contributed by atoms with Crippen molar-refractivity contribution >= 4 is 0 Å². The topological polar surface area (TPSA) is 21.3 Å². The van der Waals surface area contributed by atoms with Crippen LogP contribution in [0.15, 0.2) is 0 Å². The van der Waals surface area contributed by atoms with Gasteiger partial charge >= 0.3 is 12.4 Å². The molecule has 0 radical (unpaired) electrons. The number of rotatable bonds is 7. The van der Waals surface area contributed by atoms with E-state index >= 15 is 0 Å². The van der Waals surface area contributed by atoms with Gasteiger partial charge in [-0.25, -0.2) is 0 Å². The third kappa shape index (κ3) is 6.44. The number of ether oxygens (including phenoxy) is 1. The van der Waals surface area contributed by atoms with Crippen molar-refractivity contribution in [2.75, 3.05) is 13.2 Å². The molecule has 0 heterocycles. The van der Waals surface area contributed by atoms with Gasteiger partial charge in [0.05, 0.1) is 6.61 Å². The molecule has 1 atom stereocenters. The Balaban J connectivity index is 4.43. The Morgan fingerprint density at radius 3 is 1.83 bits per heavy atom. The maximum Gasteiger partial charge on any atom is 0.423 e. The van der Waals surface area contributed by atoms with Crippen LogP contribution in [0.4, 0.5) is 26.3 Å². The molecule has 1 N–H and O–H groups in total. The summed E-state index contributed by atoms with van der Waals surface area (Å²) in [6.45, 7) is 3.40. The minimum absolute atomic E-state index is 0.391. The van der Waals surface area contributed by atoms with Crippen LogP contribution >= 0.6 is 0 Å². The zero-order valence-corrected chi connectivity index (χ0v) is 10.2. The molecule has 0 amide bonds. The molecule has 0 aliphatic carbocycles. The highest BCUT2D eigenvalue weighted by Gasteiger charge is 2.58. The van der Waals surface area contributed by atoms with Gasteiger partial charge in [0.15, 0.2) is 0 Å². The molecule has 0 rings (SSSR count). The molecule has 0 saturated carbocycles. The lowest BCUT2D eigenvalue weighted by molar-refractivity contribution is -0.322. The maximum absolute atomic E-state index is 12.2. The van der Waals surface area contributed by atoms with Crippen molar-refractivity contribution < 1.29 is 31.1 Å². The molecule has 110 valence electrons. The van der Waals surface area contributed by atoms with Gasteiger partial charge in [-0.15, -0.1) is 0 Å². The zero-order chi connectivity index (χ0) is 14.4. The Morgan fingerprint density at radius 1 is 1.00 bits per heavy atom. The summed E-state index contributed by atoms with van der Waals surface area (Å²) in [5, 5.41) is 2.82. The van der Waals surface area contributed by atoms with E-state index < -0.39 is 31.1 Å². The first-order valence-corrected chi connectivity index (χ1v) is 5.61. The molecule has 0 aromatic rings. The quantitative estimate of drug-likeness (QED) is 0.723. The number of halogens is 6. The van der Waals surface area contributed by atoms with E-state index in [9.17, 15) is 26.3 Å². The molecule has 0 saturated heterocycles. The Hall–Kier alpha value is -0.500. The smallest absolute Gasteiger partial charge is 0.359 e. The van der Waals surface area contributed by atoms with Crippen LogP contribution in [-0.4, -0.2) is 37.7 Å². The third-order valence-electron chi connectivity index (χ3n) is 2.23. The minimum Gasteiger partial charge on any atom is -0.359 e. The largest absolute Gasteiger partial charge is 0.423 e. The summed E-state index contributed by atoms with van der Waals surface area (Å²) in [6.07, 6.45) is -13.5. The lowest BCUT2D eigenvalue weighted by atomic mass is 10.2. The van der Waals surface area contributed by atoms with Crippen LogP contribution in [0.2, 0.25) is 0 Å². The monoisotopic (exact) mass is 281 g/mol. The minimum atomic E-state index is -5.44. The fourth-order valence-electron chi connectivity index (χ4n) is 1.26. The van der Waals surface area contributed by atoms with E-state index in [0.29, 0.717) is 13.0 Å². The van der Waals surface area contributed by atoms with E-state index in [2.05, 4.69) is 10.1 Å². The average molecular weight is 281 g/mol. The Kier molecular flexibility index (Phi) is 6.98. The molecule has 2 nitrogen and oxygen atoms in total. The molecule has 0 aliphatic heterocycles. The van der Waals surface area contributed by atoms with Crippen LogP contribution in [0, 0.1) is 0 Å². The van der Waals surface area contributed by atoms with E-state index in [1.54, 1.807) is 6.92 Å². The SMILES string of the molecule is CCCNC(CC)COC(C(F)(F)F)C(F)(F)F. The van der Waals surface area contributed by atoms with Crippen molar-refractivity contribution in [3.05, 3.63) is 0 Å². The zero-order valence-electron chi connectivity index (χ0n) is 10.2. The summed E-state index contributed by atoms with van der Waals surface area (Å²) in [7, 11) is 0. The van der Waals surface area contributed by atoms with Crippen molar-refractivity contribution in [1.82, 2.24) is 5.32 Å². The second-order valence-electron chi connectivity index (χ2n) is 3.86. The highest BCUT2D eigenvalue weighted by atomic mass is 19.4. The predicted molar refractivity (Wildman–Crippen MR) is 54.2 cm³/mol. The van der Waals surface area contributed by atoms with Crippen LogP contribution in [0.25, 0.3) is 0 Å². The van der Waals surface area contributed by atoms with Crippen LogP contribution in [0.3, 0.4) is 0 Å². The lowest BCUT2D eigenvalue weighted by Crippen LogP contribution is -2.47. The molecule has 0 bridgehead atoms. The van der Waals surface area contributed by atoms with E-state index in [1.165, 1.54) is 0 Å². The van der Waals surface area contributed by atoms with E-state index in [1.807, 2.05) is 6.92 Å². The molecule has 0 spiro atoms.